The van der Waals surface area contributed by atoms with Gasteiger partial charge in [0.05, 0.1) is 22.8 Å². The second-order valence-corrected chi connectivity index (χ2v) is 6.66. The molecule has 0 aliphatic carbocycles. The third-order valence-electron chi connectivity index (χ3n) is 4.13. The minimum absolute atomic E-state index is 0.216. The van der Waals surface area contributed by atoms with Crippen LogP contribution < -0.4 is 5.32 Å². The average molecular weight is 366 g/mol. The van der Waals surface area contributed by atoms with Crippen LogP contribution in [0, 0.1) is 5.82 Å². The zero-order chi connectivity index (χ0) is 18.1. The molecule has 0 unspecified atom stereocenters. The lowest BCUT2D eigenvalue weighted by Gasteiger charge is -2.08. The van der Waals surface area contributed by atoms with Crippen LogP contribution in [0.5, 0.6) is 0 Å². The maximum absolute atomic E-state index is 13.0. The maximum atomic E-state index is 13.0. The molecule has 5 nitrogen and oxygen atoms in total. The van der Waals surface area contributed by atoms with Crippen molar-refractivity contribution in [1.82, 2.24) is 20.1 Å². The van der Waals surface area contributed by atoms with Crippen LogP contribution in [0.3, 0.4) is 0 Å². The Morgan fingerprint density at radius 3 is 2.81 bits per heavy atom. The molecule has 7 heteroatoms. The predicted molar refractivity (Wildman–Crippen MR) is 99.4 cm³/mol. The smallest absolute Gasteiger partial charge is 0.252 e. The Bertz CT molecular complexity index is 1070. The van der Waals surface area contributed by atoms with Gasteiger partial charge in [-0.1, -0.05) is 12.1 Å². The van der Waals surface area contributed by atoms with E-state index in [-0.39, 0.29) is 11.7 Å². The number of hydrogen-bond acceptors (Lipinski definition) is 4. The number of thiophene rings is 1. The largest absolute Gasteiger partial charge is 0.348 e. The molecule has 0 radical (unpaired) electrons. The number of rotatable bonds is 4. The Balaban J connectivity index is 1.68. The van der Waals surface area contributed by atoms with E-state index in [1.807, 2.05) is 16.8 Å². The highest BCUT2D eigenvalue weighted by Gasteiger charge is 2.16. The summed E-state index contributed by atoms with van der Waals surface area (Å²) < 4.78 is 14.7. The molecular formula is C19H15FN4OS. The SMILES string of the molecule is Cn1ncc2c(C(=O)NCc3ccc(F)cc3)cc(-c3ccsc3)nc21. The van der Waals surface area contributed by atoms with Crippen molar-refractivity contribution in [2.24, 2.45) is 7.05 Å². The third kappa shape index (κ3) is 3.09. The lowest BCUT2D eigenvalue weighted by Crippen LogP contribution is -2.23. The van der Waals surface area contributed by atoms with E-state index < -0.39 is 0 Å². The van der Waals surface area contributed by atoms with Crippen LogP contribution in [0.4, 0.5) is 4.39 Å². The van der Waals surface area contributed by atoms with Crippen molar-refractivity contribution in [3.8, 4) is 11.3 Å². The van der Waals surface area contributed by atoms with Crippen LogP contribution in [0.1, 0.15) is 15.9 Å². The van der Waals surface area contributed by atoms with Gasteiger partial charge in [-0.25, -0.2) is 9.37 Å². The first-order valence-corrected chi connectivity index (χ1v) is 8.94. The molecule has 0 aliphatic heterocycles. The standard InChI is InChI=1S/C19H15FN4OS/c1-24-18-16(10-22-24)15(8-17(23-18)13-6-7-26-11-13)19(25)21-9-12-2-4-14(20)5-3-12/h2-8,10-11H,9H2,1H3,(H,21,25). The Hall–Kier alpha value is -3.06. The summed E-state index contributed by atoms with van der Waals surface area (Å²) in [6.45, 7) is 0.316. The van der Waals surface area contributed by atoms with E-state index >= 15 is 0 Å². The van der Waals surface area contributed by atoms with Crippen LogP contribution in [0.2, 0.25) is 0 Å². The first-order chi connectivity index (χ1) is 12.6. The fourth-order valence-corrected chi connectivity index (χ4v) is 3.39. The van der Waals surface area contributed by atoms with Crippen LogP contribution in [0.15, 0.2) is 53.4 Å². The second-order valence-electron chi connectivity index (χ2n) is 5.88. The summed E-state index contributed by atoms with van der Waals surface area (Å²) in [6, 6.07) is 9.81. The zero-order valence-electron chi connectivity index (χ0n) is 13.9. The summed E-state index contributed by atoms with van der Waals surface area (Å²) in [5.74, 6) is -0.516. The first-order valence-electron chi connectivity index (χ1n) is 8.00. The number of halogens is 1. The second kappa shape index (κ2) is 6.68. The Morgan fingerprint density at radius 1 is 1.27 bits per heavy atom. The summed E-state index contributed by atoms with van der Waals surface area (Å²) in [5, 5.41) is 11.8. The van der Waals surface area contributed by atoms with Crippen LogP contribution in [0.25, 0.3) is 22.3 Å². The molecule has 3 heterocycles. The van der Waals surface area contributed by atoms with Gasteiger partial charge in [0.25, 0.3) is 5.91 Å². The lowest BCUT2D eigenvalue weighted by molar-refractivity contribution is 0.0952. The topological polar surface area (TPSA) is 59.8 Å². The van der Waals surface area contributed by atoms with Gasteiger partial charge in [0.1, 0.15) is 5.82 Å². The predicted octanol–water partition coefficient (Wildman–Crippen LogP) is 3.77. The van der Waals surface area contributed by atoms with Gasteiger partial charge in [-0.2, -0.15) is 16.4 Å². The molecule has 0 bridgehead atoms. The molecule has 4 rings (SSSR count). The Morgan fingerprint density at radius 2 is 2.08 bits per heavy atom. The molecular weight excluding hydrogens is 351 g/mol. The van der Waals surface area contributed by atoms with Gasteiger partial charge in [0.2, 0.25) is 0 Å². The summed E-state index contributed by atoms with van der Waals surface area (Å²) >= 11 is 1.58. The van der Waals surface area contributed by atoms with Crippen molar-refractivity contribution in [2.75, 3.05) is 0 Å². The average Bonchev–Trinajstić information content (AvgIpc) is 3.31. The molecule has 0 saturated heterocycles. The number of nitrogens with zero attached hydrogens (tertiary/aromatic N) is 3. The van der Waals surface area contributed by atoms with Crippen molar-refractivity contribution in [3.05, 3.63) is 70.3 Å². The monoisotopic (exact) mass is 366 g/mol. The van der Waals surface area contributed by atoms with Crippen LogP contribution in [-0.2, 0) is 13.6 Å². The zero-order valence-corrected chi connectivity index (χ0v) is 14.8. The number of pyridine rings is 1. The number of hydrogen-bond donors (Lipinski definition) is 1. The van der Waals surface area contributed by atoms with E-state index in [9.17, 15) is 9.18 Å². The molecule has 0 atom stereocenters. The molecule has 0 spiro atoms. The molecule has 130 valence electrons. The molecule has 0 aliphatic rings. The van der Waals surface area contributed by atoms with Gasteiger partial charge >= 0.3 is 0 Å². The van der Waals surface area contributed by atoms with E-state index in [2.05, 4.69) is 15.4 Å². The number of carbonyl (C=O) groups excluding carboxylic acids is 1. The molecule has 3 aromatic heterocycles. The number of fused-ring (bicyclic) bond motifs is 1. The van der Waals surface area contributed by atoms with Crippen LogP contribution in [-0.4, -0.2) is 20.7 Å². The normalized spacial score (nSPS) is 11.0. The molecule has 0 fully saturated rings. The fraction of sp³-hybridized carbons (Fsp3) is 0.105. The van der Waals surface area contributed by atoms with E-state index in [1.165, 1.54) is 12.1 Å². The molecule has 1 aromatic carbocycles. The van der Waals surface area contributed by atoms with Gasteiger partial charge in [-0.15, -0.1) is 0 Å². The number of amides is 1. The molecule has 4 aromatic rings. The lowest BCUT2D eigenvalue weighted by atomic mass is 10.1. The third-order valence-corrected chi connectivity index (χ3v) is 4.82. The van der Waals surface area contributed by atoms with Crippen molar-refractivity contribution >= 4 is 28.3 Å². The van der Waals surface area contributed by atoms with Crippen molar-refractivity contribution in [1.29, 1.82) is 0 Å². The minimum atomic E-state index is -0.299. The van der Waals surface area contributed by atoms with E-state index in [0.717, 1.165) is 16.8 Å². The molecule has 0 saturated carbocycles. The number of aromatic nitrogens is 3. The number of carbonyl (C=O) groups is 1. The van der Waals surface area contributed by atoms with Gasteiger partial charge in [0, 0.05) is 24.5 Å². The van der Waals surface area contributed by atoms with E-state index in [1.54, 1.807) is 47.5 Å². The number of benzene rings is 1. The minimum Gasteiger partial charge on any atom is -0.348 e. The van der Waals surface area contributed by atoms with Gasteiger partial charge in [0.15, 0.2) is 5.65 Å². The van der Waals surface area contributed by atoms with Crippen molar-refractivity contribution in [3.63, 3.8) is 0 Å². The highest BCUT2D eigenvalue weighted by atomic mass is 32.1. The summed E-state index contributed by atoms with van der Waals surface area (Å²) in [6.07, 6.45) is 1.65. The Labute approximate surface area is 153 Å². The first kappa shape index (κ1) is 16.4. The quantitative estimate of drug-likeness (QED) is 0.598. The van der Waals surface area contributed by atoms with E-state index in [0.29, 0.717) is 23.1 Å². The van der Waals surface area contributed by atoms with Crippen molar-refractivity contribution < 1.29 is 9.18 Å². The number of nitrogens with one attached hydrogen (secondary N) is 1. The summed E-state index contributed by atoms with van der Waals surface area (Å²) in [7, 11) is 1.80. The number of aryl methyl sites for hydroxylation is 1. The molecule has 1 N–H and O–H groups in total. The highest BCUT2D eigenvalue weighted by molar-refractivity contribution is 7.08. The Kier molecular flexibility index (Phi) is 4.22. The van der Waals surface area contributed by atoms with E-state index in [4.69, 9.17) is 0 Å². The van der Waals surface area contributed by atoms with Crippen LogP contribution >= 0.6 is 11.3 Å². The van der Waals surface area contributed by atoms with Gasteiger partial charge in [-0.05, 0) is 35.2 Å². The summed E-state index contributed by atoms with van der Waals surface area (Å²) in [5.41, 5.74) is 3.70. The highest BCUT2D eigenvalue weighted by Crippen LogP contribution is 2.26. The summed E-state index contributed by atoms with van der Waals surface area (Å²) in [4.78, 5) is 17.4. The van der Waals surface area contributed by atoms with Gasteiger partial charge in [-0.3, -0.25) is 9.48 Å². The van der Waals surface area contributed by atoms with Crippen molar-refractivity contribution in [2.45, 2.75) is 6.54 Å². The fourth-order valence-electron chi connectivity index (χ4n) is 2.74. The van der Waals surface area contributed by atoms with Gasteiger partial charge < -0.3 is 5.32 Å². The maximum Gasteiger partial charge on any atom is 0.252 e. The molecule has 1 amide bonds. The molecule has 26 heavy (non-hydrogen) atoms.